The number of ether oxygens (including phenoxy) is 2. The summed E-state index contributed by atoms with van der Waals surface area (Å²) in [6.45, 7) is 21.1. The molecule has 0 saturated heterocycles. The van der Waals surface area contributed by atoms with Crippen molar-refractivity contribution in [2.75, 3.05) is 25.2 Å². The first-order chi connectivity index (χ1) is 23.4. The molecule has 272 valence electrons. The van der Waals surface area contributed by atoms with Crippen LogP contribution in [0.4, 0.5) is 10.5 Å². The van der Waals surface area contributed by atoms with Gasteiger partial charge in [-0.1, -0.05) is 108 Å². The fourth-order valence-electron chi connectivity index (χ4n) is 6.92. The van der Waals surface area contributed by atoms with Gasteiger partial charge >= 0.3 is 6.09 Å². The molecule has 1 aliphatic rings. The van der Waals surface area contributed by atoms with E-state index in [1.165, 1.54) is 10.4 Å². The number of benzene rings is 3. The van der Waals surface area contributed by atoms with E-state index in [0.717, 1.165) is 11.3 Å². The van der Waals surface area contributed by atoms with E-state index in [2.05, 4.69) is 105 Å². The van der Waals surface area contributed by atoms with Crippen LogP contribution >= 0.6 is 0 Å². The second-order valence-electron chi connectivity index (χ2n) is 16.3. The Balaban J connectivity index is 1.67. The molecule has 50 heavy (non-hydrogen) atoms. The highest BCUT2D eigenvalue weighted by Gasteiger charge is 2.50. The second-order valence-corrected chi connectivity index (χ2v) is 20.6. The van der Waals surface area contributed by atoms with Gasteiger partial charge in [0, 0.05) is 24.3 Å². The standard InChI is InChI=1S/C41H59N3O5Si/c1-12-41(10,28-47-38(46)43-39(4,5)6)49-32-24-23-30-25-31(42-37(45)36(29(2)3)44(11)35(30)26-32)27-48-50(40(7,8)9,33-19-15-13-16-20-33)34-21-17-14-18-22-34/h13-24,26,29,31,36H,12,25,27-28H2,1-11H3,(H,42,45)(H,43,46)/t31-,36-,41-/m0/s1. The molecule has 1 aliphatic heterocycles. The number of hydrogen-bond acceptors (Lipinski definition) is 6. The van der Waals surface area contributed by atoms with Gasteiger partial charge in [-0.25, -0.2) is 4.79 Å². The van der Waals surface area contributed by atoms with Crippen molar-refractivity contribution in [3.63, 3.8) is 0 Å². The number of hydrogen-bond donors (Lipinski definition) is 2. The zero-order chi connectivity index (χ0) is 36.9. The number of nitrogens with zero attached hydrogens (tertiary/aromatic N) is 1. The third-order valence-corrected chi connectivity index (χ3v) is 14.6. The minimum Gasteiger partial charge on any atom is -0.484 e. The van der Waals surface area contributed by atoms with Crippen molar-refractivity contribution < 1.29 is 23.5 Å². The molecule has 3 aromatic rings. The number of amides is 2. The highest BCUT2D eigenvalue weighted by molar-refractivity contribution is 6.99. The lowest BCUT2D eigenvalue weighted by Gasteiger charge is -2.44. The first-order valence-corrected chi connectivity index (χ1v) is 19.8. The van der Waals surface area contributed by atoms with E-state index in [9.17, 15) is 9.59 Å². The number of likely N-dealkylation sites (N-methyl/N-ethyl adjacent to an activating group) is 1. The van der Waals surface area contributed by atoms with E-state index in [1.807, 2.05) is 65.9 Å². The quantitative estimate of drug-likeness (QED) is 0.213. The molecule has 0 aliphatic carbocycles. The van der Waals surface area contributed by atoms with E-state index in [0.29, 0.717) is 25.2 Å². The Kier molecular flexibility index (Phi) is 12.2. The molecule has 0 spiro atoms. The van der Waals surface area contributed by atoms with Crippen LogP contribution in [-0.4, -0.2) is 63.8 Å². The van der Waals surface area contributed by atoms with Crippen LogP contribution in [0.3, 0.4) is 0 Å². The summed E-state index contributed by atoms with van der Waals surface area (Å²) in [6, 6.07) is 26.6. The van der Waals surface area contributed by atoms with Crippen LogP contribution in [-0.2, 0) is 20.4 Å². The largest absolute Gasteiger partial charge is 0.484 e. The van der Waals surface area contributed by atoms with Gasteiger partial charge in [-0.3, -0.25) is 4.79 Å². The van der Waals surface area contributed by atoms with Crippen LogP contribution in [0.1, 0.15) is 81.2 Å². The van der Waals surface area contributed by atoms with Gasteiger partial charge in [0.25, 0.3) is 8.32 Å². The smallest absolute Gasteiger partial charge is 0.407 e. The van der Waals surface area contributed by atoms with E-state index in [-0.39, 0.29) is 29.5 Å². The molecule has 3 atom stereocenters. The summed E-state index contributed by atoms with van der Waals surface area (Å²) in [7, 11) is -0.843. The van der Waals surface area contributed by atoms with Crippen molar-refractivity contribution in [1.29, 1.82) is 0 Å². The number of fused-ring (bicyclic) bond motifs is 1. The monoisotopic (exact) mass is 701 g/mol. The zero-order valence-electron chi connectivity index (χ0n) is 32.1. The number of carbonyl (C=O) groups excluding carboxylic acids is 2. The molecule has 3 aromatic carbocycles. The molecule has 2 amide bonds. The fourth-order valence-corrected chi connectivity index (χ4v) is 11.5. The molecule has 1 heterocycles. The normalized spacial score (nSPS) is 18.3. The minimum atomic E-state index is -2.82. The Morgan fingerprint density at radius 3 is 2.02 bits per heavy atom. The van der Waals surface area contributed by atoms with Crippen molar-refractivity contribution in [2.24, 2.45) is 5.92 Å². The van der Waals surface area contributed by atoms with Crippen molar-refractivity contribution in [3.05, 3.63) is 84.4 Å². The summed E-state index contributed by atoms with van der Waals surface area (Å²) in [5, 5.41) is 8.45. The number of alkyl carbamates (subject to hydrolysis) is 1. The lowest BCUT2D eigenvalue weighted by Crippen LogP contribution is -2.67. The molecule has 0 bridgehead atoms. The first kappa shape index (κ1) is 39.0. The number of anilines is 1. The zero-order valence-corrected chi connectivity index (χ0v) is 33.1. The third-order valence-electron chi connectivity index (χ3n) is 9.58. The Hall–Kier alpha value is -3.82. The predicted molar refractivity (Wildman–Crippen MR) is 206 cm³/mol. The van der Waals surface area contributed by atoms with E-state index < -0.39 is 31.6 Å². The average Bonchev–Trinajstić information content (AvgIpc) is 3.03. The van der Waals surface area contributed by atoms with Gasteiger partial charge < -0.3 is 29.4 Å². The van der Waals surface area contributed by atoms with Gasteiger partial charge in [-0.15, -0.1) is 0 Å². The molecule has 0 fully saturated rings. The van der Waals surface area contributed by atoms with Gasteiger partial charge in [0.2, 0.25) is 5.91 Å². The molecule has 2 N–H and O–H groups in total. The van der Waals surface area contributed by atoms with Gasteiger partial charge in [0.1, 0.15) is 24.0 Å². The van der Waals surface area contributed by atoms with Gasteiger partial charge in [-0.2, -0.15) is 0 Å². The van der Waals surface area contributed by atoms with Crippen molar-refractivity contribution >= 4 is 36.4 Å². The fraction of sp³-hybridized carbons (Fsp3) is 0.512. The maximum Gasteiger partial charge on any atom is 0.407 e. The third kappa shape index (κ3) is 9.09. The number of rotatable bonds is 11. The molecular weight excluding hydrogens is 643 g/mol. The van der Waals surface area contributed by atoms with Crippen molar-refractivity contribution in [2.45, 2.75) is 110 Å². The van der Waals surface area contributed by atoms with Crippen LogP contribution in [0.2, 0.25) is 5.04 Å². The number of nitrogens with one attached hydrogen (secondary N) is 2. The van der Waals surface area contributed by atoms with Gasteiger partial charge in [0.05, 0.1) is 12.6 Å². The van der Waals surface area contributed by atoms with Gasteiger partial charge in [-0.05, 0) is 73.5 Å². The topological polar surface area (TPSA) is 89.1 Å². The first-order valence-electron chi connectivity index (χ1n) is 17.9. The maximum atomic E-state index is 14.0. The van der Waals surface area contributed by atoms with Crippen LogP contribution < -0.4 is 30.6 Å². The molecular formula is C41H59N3O5Si. The van der Waals surface area contributed by atoms with Crippen LogP contribution in [0.5, 0.6) is 5.75 Å². The predicted octanol–water partition coefficient (Wildman–Crippen LogP) is 6.84. The highest BCUT2D eigenvalue weighted by atomic mass is 28.4. The summed E-state index contributed by atoms with van der Waals surface area (Å²) >= 11 is 0. The summed E-state index contributed by atoms with van der Waals surface area (Å²) in [4.78, 5) is 28.5. The Labute approximate surface area is 301 Å². The lowest BCUT2D eigenvalue weighted by molar-refractivity contribution is -0.124. The van der Waals surface area contributed by atoms with E-state index >= 15 is 0 Å². The Morgan fingerprint density at radius 2 is 1.52 bits per heavy atom. The summed E-state index contributed by atoms with van der Waals surface area (Å²) in [6.07, 6.45) is 0.743. The summed E-state index contributed by atoms with van der Waals surface area (Å²) in [5.41, 5.74) is 0.893. The van der Waals surface area contributed by atoms with Crippen molar-refractivity contribution in [1.82, 2.24) is 10.6 Å². The molecule has 0 radical (unpaired) electrons. The second kappa shape index (κ2) is 15.6. The highest BCUT2D eigenvalue weighted by Crippen LogP contribution is 2.38. The maximum absolute atomic E-state index is 14.0. The van der Waals surface area contributed by atoms with Gasteiger partial charge in [0.15, 0.2) is 0 Å². The Morgan fingerprint density at radius 1 is 0.940 bits per heavy atom. The Bertz CT molecular complexity index is 1550. The molecule has 0 saturated carbocycles. The molecule has 0 aromatic heterocycles. The van der Waals surface area contributed by atoms with Crippen LogP contribution in [0, 0.1) is 5.92 Å². The van der Waals surface area contributed by atoms with Crippen LogP contribution in [0.25, 0.3) is 0 Å². The van der Waals surface area contributed by atoms with E-state index in [4.69, 9.17) is 13.9 Å². The summed E-state index contributed by atoms with van der Waals surface area (Å²) in [5.74, 6) is 0.681. The average molecular weight is 702 g/mol. The minimum absolute atomic E-state index is 0.0211. The molecule has 8 nitrogen and oxygen atoms in total. The summed E-state index contributed by atoms with van der Waals surface area (Å²) < 4.78 is 19.4. The number of carbonyl (C=O) groups is 2. The van der Waals surface area contributed by atoms with E-state index in [1.54, 1.807) is 0 Å². The van der Waals surface area contributed by atoms with Crippen LogP contribution in [0.15, 0.2) is 78.9 Å². The molecule has 9 heteroatoms. The SMILES string of the molecule is CC[C@@](C)(COC(=O)NC(C)(C)C)Oc1ccc2c(c1)N(C)[C@@H](C(C)C)C(=O)N[C@H](CO[Si](c1ccccc1)(c1ccccc1)C(C)(C)C)C2. The lowest BCUT2D eigenvalue weighted by atomic mass is 9.95. The molecule has 0 unspecified atom stereocenters. The van der Waals surface area contributed by atoms with Crippen molar-refractivity contribution in [3.8, 4) is 5.75 Å². The molecule has 4 rings (SSSR count).